The summed E-state index contributed by atoms with van der Waals surface area (Å²) in [5.74, 6) is 0. The molecule has 1 unspecified atom stereocenters. The second-order valence-electron chi connectivity index (χ2n) is 3.39. The zero-order valence-corrected chi connectivity index (χ0v) is 9.92. The first kappa shape index (κ1) is 13.6. The quantitative estimate of drug-likeness (QED) is 0.869. The fourth-order valence-electron chi connectivity index (χ4n) is 1.17. The first-order valence-corrected chi connectivity index (χ1v) is 5.30. The molecule has 1 atom stereocenters. The summed E-state index contributed by atoms with van der Waals surface area (Å²) in [4.78, 5) is 0. The van der Waals surface area contributed by atoms with Crippen LogP contribution in [0.15, 0.2) is 18.2 Å². The Morgan fingerprint density at radius 2 is 1.88 bits per heavy atom. The van der Waals surface area contributed by atoms with E-state index in [2.05, 4.69) is 5.32 Å². The molecular weight excluding hydrogens is 262 g/mol. The minimum absolute atomic E-state index is 0.333. The topological polar surface area (TPSA) is 12.0 Å². The van der Waals surface area contributed by atoms with Gasteiger partial charge in [0.25, 0.3) is 0 Å². The van der Waals surface area contributed by atoms with Crippen molar-refractivity contribution < 1.29 is 13.2 Å². The maximum atomic E-state index is 12.0. The number of rotatable bonds is 3. The van der Waals surface area contributed by atoms with Crippen molar-refractivity contribution in [1.82, 2.24) is 5.32 Å². The van der Waals surface area contributed by atoms with E-state index >= 15 is 0 Å². The van der Waals surface area contributed by atoms with E-state index in [0.717, 1.165) is 0 Å². The van der Waals surface area contributed by atoms with Crippen molar-refractivity contribution in [3.8, 4) is 0 Å². The largest absolute Gasteiger partial charge is 0.401 e. The first-order valence-electron chi connectivity index (χ1n) is 4.54. The molecule has 1 rings (SSSR count). The molecule has 0 heterocycles. The van der Waals surface area contributed by atoms with Gasteiger partial charge < -0.3 is 5.32 Å². The smallest absolute Gasteiger partial charge is 0.302 e. The SMILES string of the molecule is CC(NCC(F)(F)F)c1ccc(Cl)c(Cl)c1. The zero-order chi connectivity index (χ0) is 12.3. The fourth-order valence-corrected chi connectivity index (χ4v) is 1.47. The van der Waals surface area contributed by atoms with Crippen molar-refractivity contribution in [2.75, 3.05) is 6.54 Å². The lowest BCUT2D eigenvalue weighted by molar-refractivity contribution is -0.126. The molecule has 1 aromatic rings. The van der Waals surface area contributed by atoms with Crippen molar-refractivity contribution >= 4 is 23.2 Å². The molecule has 0 spiro atoms. The third-order valence-corrected chi connectivity index (χ3v) is 2.79. The number of hydrogen-bond donors (Lipinski definition) is 1. The standard InChI is InChI=1S/C10H10Cl2F3N/c1-6(16-5-10(13,14)15)7-2-3-8(11)9(12)4-7/h2-4,6,16H,5H2,1H3. The summed E-state index contributed by atoms with van der Waals surface area (Å²) in [7, 11) is 0. The summed E-state index contributed by atoms with van der Waals surface area (Å²) in [6.07, 6.45) is -4.22. The van der Waals surface area contributed by atoms with E-state index < -0.39 is 18.8 Å². The molecule has 0 bridgehead atoms. The van der Waals surface area contributed by atoms with Gasteiger partial charge in [0.2, 0.25) is 0 Å². The Morgan fingerprint density at radius 3 is 2.38 bits per heavy atom. The Kier molecular flexibility index (Phi) is 4.47. The molecule has 1 nitrogen and oxygen atoms in total. The van der Waals surface area contributed by atoms with Crippen LogP contribution < -0.4 is 5.32 Å². The van der Waals surface area contributed by atoms with Gasteiger partial charge in [-0.1, -0.05) is 29.3 Å². The van der Waals surface area contributed by atoms with Gasteiger partial charge in [-0.25, -0.2) is 0 Å². The van der Waals surface area contributed by atoms with E-state index in [1.807, 2.05) is 0 Å². The monoisotopic (exact) mass is 271 g/mol. The van der Waals surface area contributed by atoms with Crippen molar-refractivity contribution in [3.05, 3.63) is 33.8 Å². The fraction of sp³-hybridized carbons (Fsp3) is 0.400. The predicted octanol–water partition coefficient (Wildman–Crippen LogP) is 4.21. The first-order chi connectivity index (χ1) is 7.29. The Labute approximate surface area is 102 Å². The van der Waals surface area contributed by atoms with Gasteiger partial charge in [-0.3, -0.25) is 0 Å². The Bertz CT molecular complexity index is 366. The van der Waals surface area contributed by atoms with Crippen molar-refractivity contribution in [2.24, 2.45) is 0 Å². The third kappa shape index (κ3) is 4.20. The van der Waals surface area contributed by atoms with E-state index in [1.165, 1.54) is 0 Å². The average Bonchev–Trinajstić information content (AvgIpc) is 2.17. The lowest BCUT2D eigenvalue weighted by Crippen LogP contribution is -2.30. The van der Waals surface area contributed by atoms with Gasteiger partial charge in [0.1, 0.15) is 0 Å². The van der Waals surface area contributed by atoms with Gasteiger partial charge in [-0.15, -0.1) is 0 Å². The van der Waals surface area contributed by atoms with Crippen LogP contribution in [0.4, 0.5) is 13.2 Å². The van der Waals surface area contributed by atoms with Crippen LogP contribution in [-0.4, -0.2) is 12.7 Å². The predicted molar refractivity (Wildman–Crippen MR) is 58.9 cm³/mol. The van der Waals surface area contributed by atoms with Gasteiger partial charge in [-0.05, 0) is 24.6 Å². The van der Waals surface area contributed by atoms with E-state index in [-0.39, 0.29) is 0 Å². The number of hydrogen-bond acceptors (Lipinski definition) is 1. The van der Waals surface area contributed by atoms with Crippen LogP contribution in [0.5, 0.6) is 0 Å². The number of benzene rings is 1. The van der Waals surface area contributed by atoms with Crippen LogP contribution in [0.3, 0.4) is 0 Å². The van der Waals surface area contributed by atoms with Gasteiger partial charge in [0, 0.05) is 6.04 Å². The molecule has 16 heavy (non-hydrogen) atoms. The number of nitrogens with one attached hydrogen (secondary N) is 1. The molecule has 1 N–H and O–H groups in total. The van der Waals surface area contributed by atoms with Gasteiger partial charge >= 0.3 is 6.18 Å². The van der Waals surface area contributed by atoms with Crippen LogP contribution in [0.25, 0.3) is 0 Å². The second-order valence-corrected chi connectivity index (χ2v) is 4.21. The summed E-state index contributed by atoms with van der Waals surface area (Å²) in [6.45, 7) is 0.597. The lowest BCUT2D eigenvalue weighted by Gasteiger charge is -2.16. The van der Waals surface area contributed by atoms with E-state index in [9.17, 15) is 13.2 Å². The normalized spacial score (nSPS) is 13.9. The summed E-state index contributed by atoms with van der Waals surface area (Å²) >= 11 is 11.5. The zero-order valence-electron chi connectivity index (χ0n) is 8.41. The van der Waals surface area contributed by atoms with Crippen LogP contribution in [-0.2, 0) is 0 Å². The molecule has 0 fully saturated rings. The highest BCUT2D eigenvalue weighted by Gasteiger charge is 2.27. The highest BCUT2D eigenvalue weighted by atomic mass is 35.5. The van der Waals surface area contributed by atoms with Crippen LogP contribution in [0.1, 0.15) is 18.5 Å². The Morgan fingerprint density at radius 1 is 1.25 bits per heavy atom. The lowest BCUT2D eigenvalue weighted by atomic mass is 10.1. The average molecular weight is 272 g/mol. The van der Waals surface area contributed by atoms with E-state index in [1.54, 1.807) is 25.1 Å². The van der Waals surface area contributed by atoms with Crippen molar-refractivity contribution in [3.63, 3.8) is 0 Å². The molecule has 0 aliphatic rings. The molecular formula is C10H10Cl2F3N. The Hall–Kier alpha value is -0.450. The van der Waals surface area contributed by atoms with Crippen LogP contribution in [0.2, 0.25) is 10.0 Å². The molecule has 1 aromatic carbocycles. The molecule has 90 valence electrons. The van der Waals surface area contributed by atoms with Crippen LogP contribution in [0, 0.1) is 0 Å². The summed E-state index contributed by atoms with van der Waals surface area (Å²) in [5, 5.41) is 3.07. The molecule has 0 saturated heterocycles. The number of alkyl halides is 3. The number of halogens is 5. The molecule has 0 aliphatic carbocycles. The summed E-state index contributed by atoms with van der Waals surface area (Å²) in [5.41, 5.74) is 0.665. The minimum Gasteiger partial charge on any atom is -0.302 e. The molecule has 0 radical (unpaired) electrons. The van der Waals surface area contributed by atoms with E-state index in [0.29, 0.717) is 15.6 Å². The summed E-state index contributed by atoms with van der Waals surface area (Å²) in [6, 6.07) is 4.32. The van der Waals surface area contributed by atoms with Crippen molar-refractivity contribution in [1.29, 1.82) is 0 Å². The third-order valence-electron chi connectivity index (χ3n) is 2.05. The molecule has 0 aromatic heterocycles. The minimum atomic E-state index is -4.22. The molecule has 6 heteroatoms. The second kappa shape index (κ2) is 5.25. The van der Waals surface area contributed by atoms with Gasteiger partial charge in [0.05, 0.1) is 16.6 Å². The molecule has 0 amide bonds. The van der Waals surface area contributed by atoms with Gasteiger partial charge in [-0.2, -0.15) is 13.2 Å². The maximum Gasteiger partial charge on any atom is 0.401 e. The molecule has 0 aliphatic heterocycles. The summed E-state index contributed by atoms with van der Waals surface area (Å²) < 4.78 is 35.9. The highest BCUT2D eigenvalue weighted by Crippen LogP contribution is 2.26. The van der Waals surface area contributed by atoms with Gasteiger partial charge in [0.15, 0.2) is 0 Å². The van der Waals surface area contributed by atoms with Crippen molar-refractivity contribution in [2.45, 2.75) is 19.1 Å². The van der Waals surface area contributed by atoms with E-state index in [4.69, 9.17) is 23.2 Å². The Balaban J connectivity index is 2.66. The maximum absolute atomic E-state index is 12.0. The van der Waals surface area contributed by atoms with Crippen LogP contribution >= 0.6 is 23.2 Å². The highest BCUT2D eigenvalue weighted by molar-refractivity contribution is 6.42. The molecule has 0 saturated carbocycles.